The molecule has 1 saturated heterocycles. The summed E-state index contributed by atoms with van der Waals surface area (Å²) in [5.74, 6) is 0.650. The Kier molecular flexibility index (Phi) is 4.91. The average Bonchev–Trinajstić information content (AvgIpc) is 3.25. The molecule has 27 heavy (non-hydrogen) atoms. The minimum absolute atomic E-state index is 0.0602. The van der Waals surface area contributed by atoms with E-state index >= 15 is 0 Å². The highest BCUT2D eigenvalue weighted by atomic mass is 19.1. The van der Waals surface area contributed by atoms with Gasteiger partial charge in [0, 0.05) is 37.6 Å². The summed E-state index contributed by atoms with van der Waals surface area (Å²) in [6.45, 7) is 1.37. The molecule has 4 rings (SSSR count). The molecule has 138 valence electrons. The fourth-order valence-electron chi connectivity index (χ4n) is 3.42. The molecule has 1 aromatic carbocycles. The molecule has 0 bridgehead atoms. The molecule has 1 atom stereocenters. The van der Waals surface area contributed by atoms with Gasteiger partial charge < -0.3 is 4.90 Å². The van der Waals surface area contributed by atoms with E-state index in [2.05, 4.69) is 9.97 Å². The third-order valence-electron chi connectivity index (χ3n) is 4.87. The molecule has 7 heteroatoms. The van der Waals surface area contributed by atoms with Crippen LogP contribution in [-0.2, 0) is 11.2 Å². The van der Waals surface area contributed by atoms with Gasteiger partial charge in [-0.25, -0.2) is 14.4 Å². The van der Waals surface area contributed by atoms with E-state index < -0.39 is 0 Å². The van der Waals surface area contributed by atoms with Crippen molar-refractivity contribution in [1.29, 1.82) is 0 Å². The first kappa shape index (κ1) is 17.3. The van der Waals surface area contributed by atoms with Gasteiger partial charge in [0.05, 0.1) is 18.3 Å². The maximum Gasteiger partial charge on any atom is 0.227 e. The zero-order chi connectivity index (χ0) is 18.6. The molecule has 3 heterocycles. The fourth-order valence-corrected chi connectivity index (χ4v) is 3.42. The van der Waals surface area contributed by atoms with E-state index in [0.29, 0.717) is 6.54 Å². The van der Waals surface area contributed by atoms with Gasteiger partial charge in [-0.05, 0) is 30.5 Å². The van der Waals surface area contributed by atoms with Crippen molar-refractivity contribution in [3.63, 3.8) is 0 Å². The Morgan fingerprint density at radius 1 is 1.19 bits per heavy atom. The maximum atomic E-state index is 13.0. The Labute approximate surface area is 156 Å². The van der Waals surface area contributed by atoms with Crippen molar-refractivity contribution in [1.82, 2.24) is 24.4 Å². The molecule has 0 aliphatic carbocycles. The van der Waals surface area contributed by atoms with Crippen LogP contribution in [0.4, 0.5) is 4.39 Å². The molecular weight excluding hydrogens is 345 g/mol. The van der Waals surface area contributed by atoms with Crippen LogP contribution in [0.25, 0.3) is 5.82 Å². The van der Waals surface area contributed by atoms with E-state index in [4.69, 9.17) is 4.98 Å². The highest BCUT2D eigenvalue weighted by molar-refractivity contribution is 5.79. The molecule has 0 radical (unpaired) electrons. The molecule has 1 aliphatic heterocycles. The van der Waals surface area contributed by atoms with Crippen LogP contribution in [0.2, 0.25) is 0 Å². The van der Waals surface area contributed by atoms with Gasteiger partial charge in [0.2, 0.25) is 5.91 Å². The third-order valence-corrected chi connectivity index (χ3v) is 4.87. The van der Waals surface area contributed by atoms with E-state index in [0.717, 1.165) is 36.5 Å². The van der Waals surface area contributed by atoms with Crippen LogP contribution in [-0.4, -0.2) is 43.4 Å². The molecule has 0 saturated carbocycles. The number of aromatic nitrogens is 4. The minimum atomic E-state index is -0.291. The van der Waals surface area contributed by atoms with Gasteiger partial charge in [0.1, 0.15) is 12.1 Å². The summed E-state index contributed by atoms with van der Waals surface area (Å²) in [4.78, 5) is 27.6. The van der Waals surface area contributed by atoms with E-state index in [-0.39, 0.29) is 24.1 Å². The predicted octanol–water partition coefficient (Wildman–Crippen LogP) is 2.75. The summed E-state index contributed by atoms with van der Waals surface area (Å²) in [6, 6.07) is 6.10. The molecule has 3 aromatic rings. The first-order valence-electron chi connectivity index (χ1n) is 9.01. The standard InChI is InChI=1S/C20H20FN5O/c21-17-5-3-15(4-6-17)10-20(27)25-8-1-2-16(13-25)18-11-23-12-19(24-18)26-9-7-22-14-26/h3-7,9,11-12,14,16H,1-2,8,10,13H2/t16-/m1/s1. The minimum Gasteiger partial charge on any atom is -0.342 e. The van der Waals surface area contributed by atoms with Gasteiger partial charge in [-0.15, -0.1) is 0 Å². The van der Waals surface area contributed by atoms with Crippen LogP contribution in [0, 0.1) is 5.82 Å². The maximum absolute atomic E-state index is 13.0. The first-order valence-corrected chi connectivity index (χ1v) is 9.01. The Morgan fingerprint density at radius 3 is 2.81 bits per heavy atom. The van der Waals surface area contributed by atoms with E-state index in [1.165, 1.54) is 12.1 Å². The van der Waals surface area contributed by atoms with Crippen molar-refractivity contribution in [2.45, 2.75) is 25.2 Å². The van der Waals surface area contributed by atoms with Crippen LogP contribution >= 0.6 is 0 Å². The Hall–Kier alpha value is -3.09. The highest BCUT2D eigenvalue weighted by Crippen LogP contribution is 2.26. The van der Waals surface area contributed by atoms with Crippen LogP contribution in [0.3, 0.4) is 0 Å². The first-order chi connectivity index (χ1) is 13.2. The number of carbonyl (C=O) groups excluding carboxylic acids is 1. The van der Waals surface area contributed by atoms with Crippen LogP contribution in [0.15, 0.2) is 55.4 Å². The van der Waals surface area contributed by atoms with E-state index in [9.17, 15) is 9.18 Å². The number of halogens is 1. The lowest BCUT2D eigenvalue weighted by atomic mass is 9.94. The smallest absolute Gasteiger partial charge is 0.227 e. The van der Waals surface area contributed by atoms with Crippen LogP contribution in [0.1, 0.15) is 30.0 Å². The normalized spacial score (nSPS) is 17.1. The topological polar surface area (TPSA) is 63.9 Å². The zero-order valence-electron chi connectivity index (χ0n) is 14.8. The summed E-state index contributed by atoms with van der Waals surface area (Å²) in [6.07, 6.45) is 10.9. The number of piperidine rings is 1. The highest BCUT2D eigenvalue weighted by Gasteiger charge is 2.26. The molecule has 1 aliphatic rings. The number of imidazole rings is 1. The van der Waals surface area contributed by atoms with E-state index in [1.54, 1.807) is 37.1 Å². The van der Waals surface area contributed by atoms with Gasteiger partial charge in [-0.2, -0.15) is 0 Å². The summed E-state index contributed by atoms with van der Waals surface area (Å²) >= 11 is 0. The number of rotatable bonds is 4. The Balaban J connectivity index is 1.45. The van der Waals surface area contributed by atoms with E-state index in [1.807, 2.05) is 15.7 Å². The number of amides is 1. The van der Waals surface area contributed by atoms with Crippen molar-refractivity contribution in [2.75, 3.05) is 13.1 Å². The number of likely N-dealkylation sites (tertiary alicyclic amines) is 1. The monoisotopic (exact) mass is 365 g/mol. The third kappa shape index (κ3) is 4.02. The average molecular weight is 365 g/mol. The second-order valence-electron chi connectivity index (χ2n) is 6.75. The van der Waals surface area contributed by atoms with Gasteiger partial charge in [-0.1, -0.05) is 12.1 Å². The molecule has 1 amide bonds. The van der Waals surface area contributed by atoms with Crippen LogP contribution < -0.4 is 0 Å². The molecule has 0 spiro atoms. The van der Waals surface area contributed by atoms with Crippen molar-refractivity contribution in [3.05, 3.63) is 72.5 Å². The lowest BCUT2D eigenvalue weighted by Crippen LogP contribution is -2.40. The quantitative estimate of drug-likeness (QED) is 0.713. The largest absolute Gasteiger partial charge is 0.342 e. The lowest BCUT2D eigenvalue weighted by Gasteiger charge is -2.32. The summed E-state index contributed by atoms with van der Waals surface area (Å²) in [5, 5.41) is 0. The Bertz CT molecular complexity index is 910. The van der Waals surface area contributed by atoms with Gasteiger partial charge >= 0.3 is 0 Å². The van der Waals surface area contributed by atoms with Crippen molar-refractivity contribution in [3.8, 4) is 5.82 Å². The Morgan fingerprint density at radius 2 is 2.04 bits per heavy atom. The second-order valence-corrected chi connectivity index (χ2v) is 6.75. The van der Waals surface area contributed by atoms with Crippen LogP contribution in [0.5, 0.6) is 0 Å². The molecule has 2 aromatic heterocycles. The summed E-state index contributed by atoms with van der Waals surface area (Å²) in [7, 11) is 0. The SMILES string of the molecule is O=C(Cc1ccc(F)cc1)N1CCC[C@@H](c2cncc(-n3ccnc3)n2)C1. The fraction of sp³-hybridized carbons (Fsp3) is 0.300. The molecule has 0 unspecified atom stereocenters. The number of nitrogens with zero attached hydrogens (tertiary/aromatic N) is 5. The van der Waals surface area contributed by atoms with Crippen molar-refractivity contribution in [2.24, 2.45) is 0 Å². The van der Waals surface area contributed by atoms with Gasteiger partial charge in [-0.3, -0.25) is 14.3 Å². The predicted molar refractivity (Wildman–Crippen MR) is 97.8 cm³/mol. The number of hydrogen-bond acceptors (Lipinski definition) is 4. The van der Waals surface area contributed by atoms with Crippen molar-refractivity contribution < 1.29 is 9.18 Å². The zero-order valence-corrected chi connectivity index (χ0v) is 14.8. The summed E-state index contributed by atoms with van der Waals surface area (Å²) in [5.41, 5.74) is 1.71. The van der Waals surface area contributed by atoms with Crippen molar-refractivity contribution >= 4 is 5.91 Å². The van der Waals surface area contributed by atoms with Gasteiger partial charge in [0.15, 0.2) is 5.82 Å². The molecular formula is C20H20FN5O. The second kappa shape index (κ2) is 7.65. The molecule has 1 fully saturated rings. The molecule has 0 N–H and O–H groups in total. The van der Waals surface area contributed by atoms with Gasteiger partial charge in [0.25, 0.3) is 0 Å². The number of hydrogen-bond donors (Lipinski definition) is 0. The molecule has 6 nitrogen and oxygen atoms in total. The summed E-state index contributed by atoms with van der Waals surface area (Å²) < 4.78 is 14.9. The lowest BCUT2D eigenvalue weighted by molar-refractivity contribution is -0.131. The number of benzene rings is 1. The number of carbonyl (C=O) groups is 1.